The fraction of sp³-hybridized carbons (Fsp3) is 0.586. The minimum Gasteiger partial charge on any atom is -0.333 e. The summed E-state index contributed by atoms with van der Waals surface area (Å²) in [6.07, 6.45) is 2.36. The van der Waals surface area contributed by atoms with E-state index < -0.39 is 0 Å². The second-order valence-electron chi connectivity index (χ2n) is 11.6. The van der Waals surface area contributed by atoms with Gasteiger partial charge in [-0.25, -0.2) is 0 Å². The van der Waals surface area contributed by atoms with Crippen molar-refractivity contribution in [1.82, 2.24) is 9.80 Å². The van der Waals surface area contributed by atoms with Crippen LogP contribution in [0.1, 0.15) is 82.0 Å². The molecule has 1 aliphatic heterocycles. The van der Waals surface area contributed by atoms with E-state index in [0.29, 0.717) is 31.3 Å². The van der Waals surface area contributed by atoms with Gasteiger partial charge in [0.2, 0.25) is 11.8 Å². The number of benzene rings is 1. The maximum absolute atomic E-state index is 13.8. The molecule has 1 aromatic carbocycles. The van der Waals surface area contributed by atoms with E-state index in [-0.39, 0.29) is 29.8 Å². The van der Waals surface area contributed by atoms with Gasteiger partial charge in [-0.3, -0.25) is 9.59 Å². The van der Waals surface area contributed by atoms with Crippen molar-refractivity contribution in [2.24, 2.45) is 17.3 Å². The molecule has 0 bridgehead atoms. The summed E-state index contributed by atoms with van der Waals surface area (Å²) in [5.74, 6) is 0.744. The SMILES string of the molecule is Cc1ccccc1C1c2ccsc2CCN1C(=O)CN(CC(C)C)C(=O)CC(C)CC(C)(C)C. The predicted molar refractivity (Wildman–Crippen MR) is 142 cm³/mol. The maximum Gasteiger partial charge on any atom is 0.242 e. The zero-order valence-electron chi connectivity index (χ0n) is 22.1. The van der Waals surface area contributed by atoms with Crippen molar-refractivity contribution in [2.75, 3.05) is 19.6 Å². The van der Waals surface area contributed by atoms with Crippen LogP contribution in [0.4, 0.5) is 0 Å². The number of carbonyl (C=O) groups is 2. The molecule has 2 atom stereocenters. The van der Waals surface area contributed by atoms with E-state index in [1.807, 2.05) is 15.9 Å². The standard InChI is InChI=1S/C29H42N2O2S/c1-20(2)18-30(26(32)16-21(3)17-29(5,6)7)19-27(33)31-14-12-25-24(13-15-34-25)28(31)23-11-9-8-10-22(23)4/h8-11,13,15,20-21,28H,12,14,16-19H2,1-7H3. The number of aryl methyl sites for hydroxylation is 1. The van der Waals surface area contributed by atoms with Gasteiger partial charge in [0.05, 0.1) is 12.6 Å². The second kappa shape index (κ2) is 11.1. The number of hydrogen-bond acceptors (Lipinski definition) is 3. The molecule has 0 saturated heterocycles. The summed E-state index contributed by atoms with van der Waals surface area (Å²) in [7, 11) is 0. The van der Waals surface area contributed by atoms with E-state index in [0.717, 1.165) is 12.8 Å². The Bertz CT molecular complexity index is 988. The molecule has 0 N–H and O–H groups in total. The number of hydrogen-bond donors (Lipinski definition) is 0. The van der Waals surface area contributed by atoms with Gasteiger partial charge >= 0.3 is 0 Å². The molecule has 0 radical (unpaired) electrons. The van der Waals surface area contributed by atoms with Gasteiger partial charge in [-0.05, 0) is 65.2 Å². The molecule has 2 amide bonds. The molecule has 34 heavy (non-hydrogen) atoms. The molecule has 4 nitrogen and oxygen atoms in total. The lowest BCUT2D eigenvalue weighted by molar-refractivity contribution is -0.142. The molecule has 3 rings (SSSR count). The van der Waals surface area contributed by atoms with E-state index in [4.69, 9.17) is 0 Å². The van der Waals surface area contributed by atoms with Crippen molar-refractivity contribution in [2.45, 2.75) is 73.8 Å². The topological polar surface area (TPSA) is 40.6 Å². The van der Waals surface area contributed by atoms with Gasteiger partial charge in [0.15, 0.2) is 0 Å². The second-order valence-corrected chi connectivity index (χ2v) is 12.6. The third-order valence-corrected chi connectivity index (χ3v) is 7.51. The van der Waals surface area contributed by atoms with Crippen LogP contribution >= 0.6 is 11.3 Å². The fourth-order valence-electron chi connectivity index (χ4n) is 5.31. The molecule has 2 heterocycles. The summed E-state index contributed by atoms with van der Waals surface area (Å²) in [4.78, 5) is 32.3. The molecule has 0 spiro atoms. The van der Waals surface area contributed by atoms with E-state index in [1.165, 1.54) is 21.6 Å². The molecular weight excluding hydrogens is 440 g/mol. The van der Waals surface area contributed by atoms with Gasteiger partial charge in [0.25, 0.3) is 0 Å². The monoisotopic (exact) mass is 482 g/mol. The molecule has 2 aromatic rings. The molecule has 1 aromatic heterocycles. The van der Waals surface area contributed by atoms with Gasteiger partial charge < -0.3 is 9.80 Å². The highest BCUT2D eigenvalue weighted by Gasteiger charge is 2.35. The Hall–Kier alpha value is -2.14. The predicted octanol–water partition coefficient (Wildman–Crippen LogP) is 6.48. The average Bonchev–Trinajstić information content (AvgIpc) is 3.20. The summed E-state index contributed by atoms with van der Waals surface area (Å²) in [6, 6.07) is 10.4. The van der Waals surface area contributed by atoms with Crippen molar-refractivity contribution in [3.63, 3.8) is 0 Å². The van der Waals surface area contributed by atoms with Gasteiger partial charge in [-0.1, -0.05) is 65.8 Å². The van der Waals surface area contributed by atoms with Crippen molar-refractivity contribution < 1.29 is 9.59 Å². The number of rotatable bonds is 8. The highest BCUT2D eigenvalue weighted by Crippen LogP contribution is 2.39. The van der Waals surface area contributed by atoms with Gasteiger partial charge in [-0.15, -0.1) is 11.3 Å². The number of carbonyl (C=O) groups excluding carboxylic acids is 2. The van der Waals surface area contributed by atoms with E-state index in [2.05, 4.69) is 78.1 Å². The summed E-state index contributed by atoms with van der Waals surface area (Å²) in [5.41, 5.74) is 3.79. The van der Waals surface area contributed by atoms with Gasteiger partial charge in [0, 0.05) is 24.4 Å². The highest BCUT2D eigenvalue weighted by atomic mass is 32.1. The lowest BCUT2D eigenvalue weighted by Crippen LogP contribution is -2.48. The first-order valence-corrected chi connectivity index (χ1v) is 13.5. The third-order valence-electron chi connectivity index (χ3n) is 6.52. The van der Waals surface area contributed by atoms with Crippen molar-refractivity contribution >= 4 is 23.2 Å². The van der Waals surface area contributed by atoms with Crippen molar-refractivity contribution in [3.8, 4) is 0 Å². The number of nitrogens with zero attached hydrogens (tertiary/aromatic N) is 2. The summed E-state index contributed by atoms with van der Waals surface area (Å²) < 4.78 is 0. The molecule has 186 valence electrons. The van der Waals surface area contributed by atoms with E-state index >= 15 is 0 Å². The quantitative estimate of drug-likeness (QED) is 0.432. The normalized spacial score (nSPS) is 16.9. The summed E-state index contributed by atoms with van der Waals surface area (Å²) in [6.45, 7) is 16.6. The first-order chi connectivity index (χ1) is 16.0. The van der Waals surface area contributed by atoms with Crippen LogP contribution in [0.5, 0.6) is 0 Å². The first kappa shape index (κ1) is 26.5. The van der Waals surface area contributed by atoms with Crippen molar-refractivity contribution in [3.05, 3.63) is 57.3 Å². The van der Waals surface area contributed by atoms with Crippen LogP contribution in [0.2, 0.25) is 0 Å². The summed E-state index contributed by atoms with van der Waals surface area (Å²) >= 11 is 1.78. The zero-order chi connectivity index (χ0) is 25.0. The van der Waals surface area contributed by atoms with Crippen LogP contribution in [0.3, 0.4) is 0 Å². The van der Waals surface area contributed by atoms with E-state index in [1.54, 1.807) is 11.3 Å². The van der Waals surface area contributed by atoms with Crippen molar-refractivity contribution in [1.29, 1.82) is 0 Å². The highest BCUT2D eigenvalue weighted by molar-refractivity contribution is 7.10. The Labute approximate surface area is 210 Å². The van der Waals surface area contributed by atoms with Gasteiger partial charge in [-0.2, -0.15) is 0 Å². The number of amides is 2. The molecule has 0 aliphatic carbocycles. The van der Waals surface area contributed by atoms with Crippen LogP contribution in [0.15, 0.2) is 35.7 Å². The van der Waals surface area contributed by atoms with Crippen LogP contribution in [-0.2, 0) is 16.0 Å². The lowest BCUT2D eigenvalue weighted by atomic mass is 9.84. The van der Waals surface area contributed by atoms with Crippen LogP contribution in [0, 0.1) is 24.2 Å². The Morgan fingerprint density at radius 1 is 1.12 bits per heavy atom. The Kier molecular flexibility index (Phi) is 8.62. The molecule has 5 heteroatoms. The number of thiophene rings is 1. The van der Waals surface area contributed by atoms with Crippen LogP contribution in [0.25, 0.3) is 0 Å². The van der Waals surface area contributed by atoms with E-state index in [9.17, 15) is 9.59 Å². The summed E-state index contributed by atoms with van der Waals surface area (Å²) in [5, 5.41) is 2.13. The third kappa shape index (κ3) is 6.71. The number of fused-ring (bicyclic) bond motifs is 1. The minimum atomic E-state index is -0.0838. The maximum atomic E-state index is 13.8. The van der Waals surface area contributed by atoms with Crippen LogP contribution in [-0.4, -0.2) is 41.2 Å². The molecule has 1 aliphatic rings. The minimum absolute atomic E-state index is 0.0441. The van der Waals surface area contributed by atoms with Crippen LogP contribution < -0.4 is 0 Å². The fourth-order valence-corrected chi connectivity index (χ4v) is 6.21. The first-order valence-electron chi connectivity index (χ1n) is 12.6. The lowest BCUT2D eigenvalue weighted by Gasteiger charge is -2.38. The average molecular weight is 483 g/mol. The molecular formula is C29H42N2O2S. The molecule has 0 fully saturated rings. The Morgan fingerprint density at radius 2 is 1.82 bits per heavy atom. The molecule has 0 saturated carbocycles. The zero-order valence-corrected chi connectivity index (χ0v) is 22.9. The Balaban J connectivity index is 1.82. The molecule has 2 unspecified atom stereocenters. The smallest absolute Gasteiger partial charge is 0.242 e. The largest absolute Gasteiger partial charge is 0.333 e. The Morgan fingerprint density at radius 3 is 2.47 bits per heavy atom. The van der Waals surface area contributed by atoms with Gasteiger partial charge in [0.1, 0.15) is 0 Å².